The molecule has 0 spiro atoms. The van der Waals surface area contributed by atoms with E-state index < -0.39 is 23.2 Å². The molecule has 0 aromatic heterocycles. The normalized spacial score (nSPS) is 11.1. The maximum Gasteiger partial charge on any atom is 0.254 e. The van der Waals surface area contributed by atoms with Crippen molar-refractivity contribution < 1.29 is 19.1 Å². The molecule has 0 heterocycles. The largest absolute Gasteiger partial charge is 0.508 e. The molecule has 7 heteroatoms. The predicted molar refractivity (Wildman–Crippen MR) is 99.1 cm³/mol. The number of rotatable bonds is 4. The Balaban J connectivity index is 2.14. The zero-order valence-electron chi connectivity index (χ0n) is 14.7. The lowest BCUT2D eigenvalue weighted by molar-refractivity contribution is -0.115. The number of carbonyl (C=O) groups excluding carboxylic acids is 2. The van der Waals surface area contributed by atoms with E-state index >= 15 is 0 Å². The summed E-state index contributed by atoms with van der Waals surface area (Å²) < 4.78 is 14.0. The molecule has 2 aromatic rings. The Kier molecular flexibility index (Phi) is 5.87. The number of phenols is 1. The third-order valence-corrected chi connectivity index (χ3v) is 3.61. The van der Waals surface area contributed by atoms with Crippen LogP contribution in [-0.2, 0) is 11.2 Å². The second-order valence-electron chi connectivity index (χ2n) is 6.90. The Morgan fingerprint density at radius 1 is 1.15 bits per heavy atom. The Bertz CT molecular complexity index is 847. The van der Waals surface area contributed by atoms with Crippen LogP contribution in [0.4, 0.5) is 10.1 Å². The highest BCUT2D eigenvalue weighted by Crippen LogP contribution is 2.23. The van der Waals surface area contributed by atoms with Gasteiger partial charge in [0.15, 0.2) is 0 Å². The lowest BCUT2D eigenvalue weighted by Gasteiger charge is -2.21. The molecule has 0 radical (unpaired) electrons. The lowest BCUT2D eigenvalue weighted by Crippen LogP contribution is -2.41. The third-order valence-electron chi connectivity index (χ3n) is 3.38. The van der Waals surface area contributed by atoms with Crippen LogP contribution in [0.25, 0.3) is 0 Å². The Morgan fingerprint density at radius 2 is 1.85 bits per heavy atom. The summed E-state index contributed by atoms with van der Waals surface area (Å²) in [5.41, 5.74) is -0.0458. The number of hydrogen-bond acceptors (Lipinski definition) is 3. The minimum atomic E-state index is -0.683. The fourth-order valence-electron chi connectivity index (χ4n) is 2.26. The summed E-state index contributed by atoms with van der Waals surface area (Å²) in [7, 11) is 0. The molecule has 2 rings (SSSR count). The van der Waals surface area contributed by atoms with Crippen LogP contribution in [0.2, 0.25) is 5.02 Å². The van der Waals surface area contributed by atoms with Gasteiger partial charge in [-0.1, -0.05) is 11.6 Å². The number of amides is 2. The molecule has 0 saturated heterocycles. The molecule has 0 aliphatic carbocycles. The molecule has 0 bridgehead atoms. The van der Waals surface area contributed by atoms with Crippen molar-refractivity contribution in [1.82, 2.24) is 5.32 Å². The summed E-state index contributed by atoms with van der Waals surface area (Å²) in [5.74, 6) is -1.74. The zero-order valence-corrected chi connectivity index (χ0v) is 15.4. The van der Waals surface area contributed by atoms with Crippen LogP contribution in [-0.4, -0.2) is 22.5 Å². The molecule has 2 aromatic carbocycles. The fraction of sp³-hybridized carbons (Fsp3) is 0.263. The first-order chi connectivity index (χ1) is 12.0. The van der Waals surface area contributed by atoms with Crippen molar-refractivity contribution in [2.45, 2.75) is 32.7 Å². The lowest BCUT2D eigenvalue weighted by atomic mass is 10.1. The molecule has 0 aliphatic rings. The van der Waals surface area contributed by atoms with Crippen LogP contribution in [0.3, 0.4) is 0 Å². The summed E-state index contributed by atoms with van der Waals surface area (Å²) in [6, 6.07) is 8.15. The standard InChI is InChI=1S/C19H20ClFN2O3/c1-19(2,3)23-18(26)14-10-13(5-6-15(14)21)22-17(25)9-11-8-12(20)4-7-16(11)24/h4-8,10,24H,9H2,1-3H3,(H,22,25)(H,23,26). The SMILES string of the molecule is CC(C)(C)NC(=O)c1cc(NC(=O)Cc2cc(Cl)ccc2O)ccc1F. The highest BCUT2D eigenvalue weighted by molar-refractivity contribution is 6.30. The molecular weight excluding hydrogens is 359 g/mol. The van der Waals surface area contributed by atoms with Crippen LogP contribution in [0.15, 0.2) is 36.4 Å². The van der Waals surface area contributed by atoms with Gasteiger partial charge in [0, 0.05) is 21.8 Å². The number of nitrogens with one attached hydrogen (secondary N) is 2. The van der Waals surface area contributed by atoms with Gasteiger partial charge in [-0.15, -0.1) is 0 Å². The second-order valence-corrected chi connectivity index (χ2v) is 7.33. The number of hydrogen-bond donors (Lipinski definition) is 3. The van der Waals surface area contributed by atoms with E-state index in [-0.39, 0.29) is 23.4 Å². The van der Waals surface area contributed by atoms with Crippen LogP contribution in [0.1, 0.15) is 36.7 Å². The first-order valence-corrected chi connectivity index (χ1v) is 8.32. The van der Waals surface area contributed by atoms with E-state index in [0.717, 1.165) is 6.07 Å². The predicted octanol–water partition coefficient (Wildman–Crippen LogP) is 3.89. The van der Waals surface area contributed by atoms with Gasteiger partial charge in [-0.3, -0.25) is 9.59 Å². The number of carbonyl (C=O) groups is 2. The summed E-state index contributed by atoms with van der Waals surface area (Å²) in [5, 5.41) is 15.4. The van der Waals surface area contributed by atoms with Gasteiger partial charge in [0.05, 0.1) is 12.0 Å². The summed E-state index contributed by atoms with van der Waals surface area (Å²) in [6.45, 7) is 5.35. The van der Waals surface area contributed by atoms with Crippen LogP contribution < -0.4 is 10.6 Å². The molecule has 0 atom stereocenters. The molecule has 5 nitrogen and oxygen atoms in total. The van der Waals surface area contributed by atoms with Crippen LogP contribution in [0.5, 0.6) is 5.75 Å². The number of benzene rings is 2. The van der Waals surface area contributed by atoms with Gasteiger partial charge >= 0.3 is 0 Å². The van der Waals surface area contributed by atoms with Gasteiger partial charge in [-0.05, 0) is 57.2 Å². The van der Waals surface area contributed by atoms with Crippen molar-refractivity contribution in [3.8, 4) is 5.75 Å². The van der Waals surface area contributed by atoms with E-state index in [4.69, 9.17) is 11.6 Å². The van der Waals surface area contributed by atoms with E-state index in [0.29, 0.717) is 10.6 Å². The fourth-order valence-corrected chi connectivity index (χ4v) is 2.45. The molecule has 0 unspecified atom stereocenters. The molecule has 26 heavy (non-hydrogen) atoms. The van der Waals surface area contributed by atoms with Gasteiger partial charge in [0.25, 0.3) is 5.91 Å². The van der Waals surface area contributed by atoms with Crippen molar-refractivity contribution >= 4 is 29.1 Å². The minimum absolute atomic E-state index is 0.0473. The highest BCUT2D eigenvalue weighted by Gasteiger charge is 2.19. The van der Waals surface area contributed by atoms with E-state index in [1.165, 1.54) is 30.3 Å². The minimum Gasteiger partial charge on any atom is -0.508 e. The first-order valence-electron chi connectivity index (χ1n) is 7.94. The Labute approximate surface area is 156 Å². The van der Waals surface area contributed by atoms with E-state index in [9.17, 15) is 19.1 Å². The average Bonchev–Trinajstić information content (AvgIpc) is 2.51. The Morgan fingerprint density at radius 3 is 2.50 bits per heavy atom. The molecule has 3 N–H and O–H groups in total. The van der Waals surface area contributed by atoms with Crippen LogP contribution in [0, 0.1) is 5.82 Å². The van der Waals surface area contributed by atoms with Crippen molar-refractivity contribution in [1.29, 1.82) is 0 Å². The Hall–Kier alpha value is -2.60. The van der Waals surface area contributed by atoms with Gasteiger partial charge in [-0.2, -0.15) is 0 Å². The van der Waals surface area contributed by atoms with Crippen molar-refractivity contribution in [3.63, 3.8) is 0 Å². The number of phenolic OH excluding ortho intramolecular Hbond substituents is 1. The maximum atomic E-state index is 14.0. The maximum absolute atomic E-state index is 14.0. The van der Waals surface area contributed by atoms with Crippen molar-refractivity contribution in [2.75, 3.05) is 5.32 Å². The quantitative estimate of drug-likeness (QED) is 0.755. The highest BCUT2D eigenvalue weighted by atomic mass is 35.5. The smallest absolute Gasteiger partial charge is 0.254 e. The molecule has 138 valence electrons. The van der Waals surface area contributed by atoms with E-state index in [1.807, 2.05) is 0 Å². The molecule has 0 fully saturated rings. The monoisotopic (exact) mass is 378 g/mol. The van der Waals surface area contributed by atoms with E-state index in [2.05, 4.69) is 10.6 Å². The summed E-state index contributed by atoms with van der Waals surface area (Å²) in [4.78, 5) is 24.4. The van der Waals surface area contributed by atoms with E-state index in [1.54, 1.807) is 20.8 Å². The number of halogens is 2. The topological polar surface area (TPSA) is 78.4 Å². The van der Waals surface area contributed by atoms with Crippen LogP contribution >= 0.6 is 11.6 Å². The van der Waals surface area contributed by atoms with Gasteiger partial charge < -0.3 is 15.7 Å². The van der Waals surface area contributed by atoms with Crippen molar-refractivity contribution in [2.24, 2.45) is 0 Å². The zero-order chi connectivity index (χ0) is 19.5. The molecule has 0 saturated carbocycles. The first kappa shape index (κ1) is 19.7. The van der Waals surface area contributed by atoms with Gasteiger partial charge in [0.1, 0.15) is 11.6 Å². The van der Waals surface area contributed by atoms with Gasteiger partial charge in [-0.25, -0.2) is 4.39 Å². The number of aromatic hydroxyl groups is 1. The summed E-state index contributed by atoms with van der Waals surface area (Å²) >= 11 is 5.86. The average molecular weight is 379 g/mol. The second kappa shape index (κ2) is 7.74. The summed E-state index contributed by atoms with van der Waals surface area (Å²) in [6.07, 6.45) is -0.118. The molecule has 0 aliphatic heterocycles. The van der Waals surface area contributed by atoms with Gasteiger partial charge in [0.2, 0.25) is 5.91 Å². The third kappa shape index (κ3) is 5.46. The molecular formula is C19H20ClFN2O3. The molecule has 2 amide bonds. The number of anilines is 1. The van der Waals surface area contributed by atoms with Crippen molar-refractivity contribution in [3.05, 3.63) is 58.4 Å².